The fraction of sp³-hybridized carbons (Fsp3) is 0.900. The van der Waals surface area contributed by atoms with E-state index in [2.05, 4.69) is 17.6 Å². The van der Waals surface area contributed by atoms with Crippen LogP contribution < -0.4 is 10.6 Å². The first kappa shape index (κ1) is 13.2. The molecular weight excluding hydrogens is 180 g/mol. The highest BCUT2D eigenvalue weighted by Gasteiger charge is 2.15. The lowest BCUT2D eigenvalue weighted by Crippen LogP contribution is -2.35. The van der Waals surface area contributed by atoms with Crippen molar-refractivity contribution in [2.45, 2.75) is 45.8 Å². The highest BCUT2D eigenvalue weighted by molar-refractivity contribution is 5.67. The Balaban J connectivity index is 3.55. The number of hydrogen-bond donors (Lipinski definition) is 2. The van der Waals surface area contributed by atoms with E-state index in [-0.39, 0.29) is 6.09 Å². The summed E-state index contributed by atoms with van der Waals surface area (Å²) in [5, 5.41) is 5.80. The number of amides is 1. The average molecular weight is 202 g/mol. The van der Waals surface area contributed by atoms with E-state index in [4.69, 9.17) is 4.74 Å². The molecule has 0 aliphatic heterocycles. The third-order valence-corrected chi connectivity index (χ3v) is 1.74. The third kappa shape index (κ3) is 7.86. The lowest BCUT2D eigenvalue weighted by Gasteiger charge is -2.20. The van der Waals surface area contributed by atoms with Gasteiger partial charge in [0.25, 0.3) is 0 Å². The fourth-order valence-corrected chi connectivity index (χ4v) is 0.849. The summed E-state index contributed by atoms with van der Waals surface area (Å²) in [5.41, 5.74) is -0.418. The smallest absolute Gasteiger partial charge is 0.407 e. The number of nitrogens with one attached hydrogen (secondary N) is 2. The van der Waals surface area contributed by atoms with Crippen molar-refractivity contribution in [2.24, 2.45) is 0 Å². The normalized spacial score (nSPS) is 13.5. The lowest BCUT2D eigenvalue weighted by atomic mass is 10.2. The molecule has 0 heterocycles. The Morgan fingerprint density at radius 3 is 2.43 bits per heavy atom. The Kier molecular flexibility index (Phi) is 5.53. The van der Waals surface area contributed by atoms with Crippen molar-refractivity contribution in [1.82, 2.24) is 10.6 Å². The number of rotatable bonds is 4. The van der Waals surface area contributed by atoms with Gasteiger partial charge in [-0.05, 0) is 41.2 Å². The zero-order valence-corrected chi connectivity index (χ0v) is 9.81. The van der Waals surface area contributed by atoms with Gasteiger partial charge in [0.15, 0.2) is 0 Å². The van der Waals surface area contributed by atoms with Crippen LogP contribution in [0.2, 0.25) is 0 Å². The zero-order valence-electron chi connectivity index (χ0n) is 9.81. The molecule has 1 amide bonds. The first-order valence-corrected chi connectivity index (χ1v) is 4.99. The van der Waals surface area contributed by atoms with E-state index in [9.17, 15) is 4.79 Å². The van der Waals surface area contributed by atoms with E-state index < -0.39 is 5.60 Å². The molecule has 4 heteroatoms. The number of carbonyl (C=O) groups is 1. The number of carbonyl (C=O) groups excluding carboxylic acids is 1. The average Bonchev–Trinajstić information content (AvgIpc) is 2.00. The van der Waals surface area contributed by atoms with Crippen molar-refractivity contribution in [1.29, 1.82) is 0 Å². The summed E-state index contributed by atoms with van der Waals surface area (Å²) in [4.78, 5) is 11.2. The Morgan fingerprint density at radius 1 is 1.43 bits per heavy atom. The monoisotopic (exact) mass is 202 g/mol. The summed E-state index contributed by atoms with van der Waals surface area (Å²) in [6.07, 6.45) is 0.552. The van der Waals surface area contributed by atoms with Gasteiger partial charge >= 0.3 is 6.09 Å². The van der Waals surface area contributed by atoms with Crippen LogP contribution in [0.3, 0.4) is 0 Å². The van der Waals surface area contributed by atoms with Gasteiger partial charge in [-0.3, -0.25) is 0 Å². The predicted octanol–water partition coefficient (Wildman–Crippen LogP) is 1.51. The van der Waals surface area contributed by atoms with Crippen LogP contribution in [-0.2, 0) is 4.74 Å². The number of ether oxygens (including phenoxy) is 1. The number of hydrogen-bond acceptors (Lipinski definition) is 3. The largest absolute Gasteiger partial charge is 0.444 e. The topological polar surface area (TPSA) is 50.4 Å². The minimum atomic E-state index is -0.418. The van der Waals surface area contributed by atoms with Crippen LogP contribution in [0, 0.1) is 0 Å². The lowest BCUT2D eigenvalue weighted by molar-refractivity contribution is 0.0526. The van der Waals surface area contributed by atoms with E-state index in [0.29, 0.717) is 12.6 Å². The molecule has 14 heavy (non-hydrogen) atoms. The summed E-state index contributed by atoms with van der Waals surface area (Å²) in [5.74, 6) is 0. The van der Waals surface area contributed by atoms with Crippen molar-refractivity contribution in [3.05, 3.63) is 0 Å². The van der Waals surface area contributed by atoms with E-state index >= 15 is 0 Å². The van der Waals surface area contributed by atoms with Crippen molar-refractivity contribution in [3.8, 4) is 0 Å². The highest BCUT2D eigenvalue weighted by Crippen LogP contribution is 2.06. The van der Waals surface area contributed by atoms with Crippen LogP contribution in [-0.4, -0.2) is 31.3 Å². The van der Waals surface area contributed by atoms with Crippen LogP contribution in [0.4, 0.5) is 4.79 Å². The summed E-state index contributed by atoms with van der Waals surface area (Å²) < 4.78 is 5.08. The van der Waals surface area contributed by atoms with Crippen molar-refractivity contribution in [3.63, 3.8) is 0 Å². The van der Waals surface area contributed by atoms with E-state index in [1.807, 2.05) is 27.8 Å². The minimum absolute atomic E-state index is 0.346. The molecule has 1 atom stereocenters. The molecule has 0 aromatic rings. The van der Waals surface area contributed by atoms with Gasteiger partial charge < -0.3 is 15.4 Å². The molecule has 0 aromatic heterocycles. The zero-order chi connectivity index (χ0) is 11.2. The Hall–Kier alpha value is -0.770. The molecule has 0 aliphatic rings. The molecule has 84 valence electrons. The standard InChI is InChI=1S/C10H22N2O2/c1-8(11-5)6-7-12-9(13)14-10(2,3)4/h8,11H,6-7H2,1-5H3,(H,12,13). The van der Waals surface area contributed by atoms with Gasteiger partial charge in [0.2, 0.25) is 0 Å². The molecule has 4 nitrogen and oxygen atoms in total. The second-order valence-corrected chi connectivity index (χ2v) is 4.41. The maximum atomic E-state index is 11.2. The molecule has 1 unspecified atom stereocenters. The van der Waals surface area contributed by atoms with Gasteiger partial charge in [-0.15, -0.1) is 0 Å². The van der Waals surface area contributed by atoms with Gasteiger partial charge in [-0.25, -0.2) is 4.79 Å². The molecule has 0 aliphatic carbocycles. The maximum absolute atomic E-state index is 11.2. The molecule has 0 rings (SSSR count). The number of alkyl carbamates (subject to hydrolysis) is 1. The maximum Gasteiger partial charge on any atom is 0.407 e. The quantitative estimate of drug-likeness (QED) is 0.726. The summed E-state index contributed by atoms with van der Waals surface area (Å²) >= 11 is 0. The van der Waals surface area contributed by atoms with E-state index in [0.717, 1.165) is 6.42 Å². The first-order valence-electron chi connectivity index (χ1n) is 4.99. The second kappa shape index (κ2) is 5.86. The molecule has 0 spiro atoms. The molecule has 0 aromatic carbocycles. The van der Waals surface area contributed by atoms with Crippen molar-refractivity contribution in [2.75, 3.05) is 13.6 Å². The van der Waals surface area contributed by atoms with Gasteiger partial charge in [-0.1, -0.05) is 0 Å². The van der Waals surface area contributed by atoms with Crippen LogP contribution in [0.25, 0.3) is 0 Å². The first-order chi connectivity index (χ1) is 6.35. The second-order valence-electron chi connectivity index (χ2n) is 4.41. The predicted molar refractivity (Wildman–Crippen MR) is 57.4 cm³/mol. The fourth-order valence-electron chi connectivity index (χ4n) is 0.849. The highest BCUT2D eigenvalue weighted by atomic mass is 16.6. The van der Waals surface area contributed by atoms with Gasteiger partial charge in [0.05, 0.1) is 0 Å². The van der Waals surface area contributed by atoms with Crippen LogP contribution in [0.5, 0.6) is 0 Å². The van der Waals surface area contributed by atoms with Gasteiger partial charge in [0, 0.05) is 12.6 Å². The van der Waals surface area contributed by atoms with Crippen molar-refractivity contribution >= 4 is 6.09 Å². The molecule has 0 fully saturated rings. The Labute approximate surface area is 86.4 Å². The Bertz CT molecular complexity index is 175. The Morgan fingerprint density at radius 2 is 2.00 bits per heavy atom. The molecule has 0 bridgehead atoms. The summed E-state index contributed by atoms with van der Waals surface area (Å²) in [7, 11) is 1.90. The SMILES string of the molecule is CNC(C)CCNC(=O)OC(C)(C)C. The third-order valence-electron chi connectivity index (χ3n) is 1.74. The molecular formula is C10H22N2O2. The molecule has 2 N–H and O–H groups in total. The van der Waals surface area contributed by atoms with E-state index in [1.54, 1.807) is 0 Å². The van der Waals surface area contributed by atoms with Gasteiger partial charge in [0.1, 0.15) is 5.60 Å². The van der Waals surface area contributed by atoms with Crippen LogP contribution in [0.15, 0.2) is 0 Å². The van der Waals surface area contributed by atoms with Crippen LogP contribution >= 0.6 is 0 Å². The van der Waals surface area contributed by atoms with Gasteiger partial charge in [-0.2, -0.15) is 0 Å². The summed E-state index contributed by atoms with van der Waals surface area (Å²) in [6.45, 7) is 8.25. The van der Waals surface area contributed by atoms with E-state index in [1.165, 1.54) is 0 Å². The van der Waals surface area contributed by atoms with Crippen LogP contribution in [0.1, 0.15) is 34.1 Å². The summed E-state index contributed by atoms with van der Waals surface area (Å²) in [6, 6.07) is 0.407. The van der Waals surface area contributed by atoms with Crippen molar-refractivity contribution < 1.29 is 9.53 Å². The molecule has 0 saturated heterocycles. The minimum Gasteiger partial charge on any atom is -0.444 e. The molecule has 0 radical (unpaired) electrons. The molecule has 0 saturated carbocycles.